The molecule has 156 valence electrons. The van der Waals surface area contributed by atoms with Crippen LogP contribution in [0.3, 0.4) is 0 Å². The number of nitro groups is 1. The Hall–Kier alpha value is -4.53. The Morgan fingerprint density at radius 1 is 0.839 bits per heavy atom. The number of carbonyl (C=O) groups is 3. The Bertz CT molecular complexity index is 1160. The van der Waals surface area contributed by atoms with Gasteiger partial charge in [0.2, 0.25) is 0 Å². The maximum absolute atomic E-state index is 12.6. The number of carbonyl (C=O) groups excluding carboxylic acids is 3. The highest BCUT2D eigenvalue weighted by molar-refractivity contribution is 6.09. The van der Waals surface area contributed by atoms with E-state index in [4.69, 9.17) is 0 Å². The van der Waals surface area contributed by atoms with Crippen LogP contribution in [-0.2, 0) is 6.54 Å². The number of hydrogen-bond donors (Lipinski definition) is 2. The van der Waals surface area contributed by atoms with Crippen molar-refractivity contribution in [1.29, 1.82) is 0 Å². The van der Waals surface area contributed by atoms with Crippen molar-refractivity contribution >= 4 is 29.2 Å². The summed E-state index contributed by atoms with van der Waals surface area (Å²) < 4.78 is 0. The van der Waals surface area contributed by atoms with Crippen molar-refractivity contribution < 1.29 is 24.4 Å². The summed E-state index contributed by atoms with van der Waals surface area (Å²) in [7, 11) is 0. The number of anilines is 1. The van der Waals surface area contributed by atoms with Crippen LogP contribution < -0.4 is 15.7 Å². The monoisotopic (exact) mass is 418 g/mol. The average Bonchev–Trinajstić information content (AvgIpc) is 2.78. The van der Waals surface area contributed by atoms with Gasteiger partial charge in [-0.1, -0.05) is 42.5 Å². The molecule has 0 saturated heterocycles. The van der Waals surface area contributed by atoms with E-state index in [1.54, 1.807) is 30.3 Å². The fourth-order valence-corrected chi connectivity index (χ4v) is 2.78. The van der Waals surface area contributed by atoms with Crippen LogP contribution in [0.1, 0.15) is 36.6 Å². The van der Waals surface area contributed by atoms with Crippen molar-refractivity contribution in [2.45, 2.75) is 6.54 Å². The predicted octanol–water partition coefficient (Wildman–Crippen LogP) is 2.14. The number of amides is 2. The number of nitrogens with zero attached hydrogens (tertiary/aromatic N) is 1. The van der Waals surface area contributed by atoms with Crippen LogP contribution in [0.15, 0.2) is 72.8 Å². The zero-order chi connectivity index (χ0) is 22.4. The van der Waals surface area contributed by atoms with Gasteiger partial charge in [0.25, 0.3) is 17.5 Å². The number of hydrogen-bond acceptors (Lipinski definition) is 6. The number of nitrogens with one attached hydrogen (secondary N) is 2. The molecule has 3 aromatic rings. The van der Waals surface area contributed by atoms with Gasteiger partial charge in [0, 0.05) is 24.2 Å². The number of rotatable bonds is 7. The van der Waals surface area contributed by atoms with Crippen LogP contribution in [-0.4, -0.2) is 22.7 Å². The van der Waals surface area contributed by atoms with Crippen LogP contribution >= 0.6 is 0 Å². The quantitative estimate of drug-likeness (QED) is 0.445. The molecule has 0 aliphatic carbocycles. The van der Waals surface area contributed by atoms with E-state index in [0.29, 0.717) is 5.56 Å². The van der Waals surface area contributed by atoms with Crippen molar-refractivity contribution in [2.24, 2.45) is 0 Å². The van der Waals surface area contributed by atoms with Gasteiger partial charge in [-0.2, -0.15) is 0 Å². The molecule has 3 aromatic carbocycles. The van der Waals surface area contributed by atoms with Crippen molar-refractivity contribution in [3.63, 3.8) is 0 Å². The molecular weight excluding hydrogens is 402 g/mol. The van der Waals surface area contributed by atoms with Gasteiger partial charge in [0.1, 0.15) is 0 Å². The molecule has 0 saturated carbocycles. The normalized spacial score (nSPS) is 10.2. The van der Waals surface area contributed by atoms with E-state index in [2.05, 4.69) is 10.6 Å². The van der Waals surface area contributed by atoms with Gasteiger partial charge in [-0.15, -0.1) is 0 Å². The van der Waals surface area contributed by atoms with Crippen LogP contribution in [0.5, 0.6) is 0 Å². The summed E-state index contributed by atoms with van der Waals surface area (Å²) in [6.45, 7) is 0.138. The molecular formula is C22H16N3O6-. The molecule has 0 aromatic heterocycles. The van der Waals surface area contributed by atoms with E-state index in [1.165, 1.54) is 36.4 Å². The van der Waals surface area contributed by atoms with Crippen LogP contribution in [0.4, 0.5) is 11.4 Å². The van der Waals surface area contributed by atoms with Gasteiger partial charge in [0.05, 0.1) is 22.1 Å². The SMILES string of the molecule is O=C([O-])c1ccc(CNC(=O)c2ccccc2NC(=O)c2cccc([N+](=O)[O-])c2)cc1. The summed E-state index contributed by atoms with van der Waals surface area (Å²) >= 11 is 0. The third-order valence-corrected chi connectivity index (χ3v) is 4.38. The van der Waals surface area contributed by atoms with Gasteiger partial charge >= 0.3 is 0 Å². The van der Waals surface area contributed by atoms with E-state index < -0.39 is 22.7 Å². The number of aromatic carboxylic acids is 1. The third kappa shape index (κ3) is 5.30. The Balaban J connectivity index is 1.71. The molecule has 9 nitrogen and oxygen atoms in total. The molecule has 0 radical (unpaired) electrons. The average molecular weight is 418 g/mol. The topological polar surface area (TPSA) is 141 Å². The largest absolute Gasteiger partial charge is 0.545 e. The summed E-state index contributed by atoms with van der Waals surface area (Å²) in [6, 6.07) is 17.5. The van der Waals surface area contributed by atoms with E-state index in [0.717, 1.165) is 6.07 Å². The summed E-state index contributed by atoms with van der Waals surface area (Å²) in [5, 5.41) is 27.0. The van der Waals surface area contributed by atoms with Gasteiger partial charge in [-0.05, 0) is 29.3 Å². The molecule has 0 spiro atoms. The zero-order valence-electron chi connectivity index (χ0n) is 16.0. The van der Waals surface area contributed by atoms with Gasteiger partial charge in [-0.25, -0.2) is 0 Å². The molecule has 2 amide bonds. The van der Waals surface area contributed by atoms with E-state index in [1.807, 2.05) is 0 Å². The highest BCUT2D eigenvalue weighted by Crippen LogP contribution is 2.18. The predicted molar refractivity (Wildman–Crippen MR) is 109 cm³/mol. The van der Waals surface area contributed by atoms with Crippen LogP contribution in [0.2, 0.25) is 0 Å². The summed E-state index contributed by atoms with van der Waals surface area (Å²) in [5.74, 6) is -2.34. The second-order valence-corrected chi connectivity index (χ2v) is 6.47. The van der Waals surface area contributed by atoms with Crippen molar-refractivity contribution in [3.05, 3.63) is 105 Å². The second kappa shape index (κ2) is 9.31. The highest BCUT2D eigenvalue weighted by Gasteiger charge is 2.16. The molecule has 0 heterocycles. The molecule has 0 bridgehead atoms. The Labute approximate surface area is 176 Å². The van der Waals surface area contributed by atoms with Gasteiger partial charge < -0.3 is 20.5 Å². The van der Waals surface area contributed by atoms with Crippen molar-refractivity contribution in [2.75, 3.05) is 5.32 Å². The lowest BCUT2D eigenvalue weighted by molar-refractivity contribution is -0.384. The molecule has 0 atom stereocenters. The smallest absolute Gasteiger partial charge is 0.270 e. The summed E-state index contributed by atoms with van der Waals surface area (Å²) in [6.07, 6.45) is 0. The second-order valence-electron chi connectivity index (χ2n) is 6.47. The number of carboxylic acids is 1. The number of non-ortho nitro benzene ring substituents is 1. The van der Waals surface area contributed by atoms with E-state index >= 15 is 0 Å². The first-order chi connectivity index (χ1) is 14.8. The lowest BCUT2D eigenvalue weighted by Gasteiger charge is -2.12. The van der Waals surface area contributed by atoms with Crippen LogP contribution in [0.25, 0.3) is 0 Å². The van der Waals surface area contributed by atoms with Gasteiger partial charge in [0.15, 0.2) is 0 Å². The third-order valence-electron chi connectivity index (χ3n) is 4.38. The molecule has 3 rings (SSSR count). The first-order valence-corrected chi connectivity index (χ1v) is 9.08. The first kappa shape index (κ1) is 21.2. The standard InChI is InChI=1S/C22H17N3O6/c26-20(16-4-3-5-17(12-16)25(30)31)24-19-7-2-1-6-18(19)21(27)23-13-14-8-10-15(11-9-14)22(28)29/h1-12H,13H2,(H,23,27)(H,24,26)(H,28,29)/p-1. The van der Waals surface area contributed by atoms with Crippen molar-refractivity contribution in [3.8, 4) is 0 Å². The zero-order valence-corrected chi connectivity index (χ0v) is 16.0. The van der Waals surface area contributed by atoms with Gasteiger partial charge in [-0.3, -0.25) is 19.7 Å². The molecule has 9 heteroatoms. The Morgan fingerprint density at radius 3 is 2.23 bits per heavy atom. The van der Waals surface area contributed by atoms with Crippen molar-refractivity contribution in [1.82, 2.24) is 5.32 Å². The molecule has 0 aliphatic rings. The van der Waals surface area contributed by atoms with E-state index in [9.17, 15) is 29.6 Å². The molecule has 31 heavy (non-hydrogen) atoms. The lowest BCUT2D eigenvalue weighted by atomic mass is 10.1. The van der Waals surface area contributed by atoms with Crippen LogP contribution in [0, 0.1) is 10.1 Å². The first-order valence-electron chi connectivity index (χ1n) is 9.08. The summed E-state index contributed by atoms with van der Waals surface area (Å²) in [4.78, 5) is 46.2. The minimum atomic E-state index is -1.29. The Kier molecular flexibility index (Phi) is 6.36. The number of carboxylic acid groups (broad SMARTS) is 1. The maximum atomic E-state index is 12.6. The van der Waals surface area contributed by atoms with E-state index in [-0.39, 0.29) is 34.6 Å². The number of benzene rings is 3. The fraction of sp³-hybridized carbons (Fsp3) is 0.0455. The Morgan fingerprint density at radius 2 is 1.55 bits per heavy atom. The lowest BCUT2D eigenvalue weighted by Crippen LogP contribution is -2.25. The molecule has 0 unspecified atom stereocenters. The number of nitro benzene ring substituents is 1. The number of para-hydroxylation sites is 1. The molecule has 2 N–H and O–H groups in total. The fourth-order valence-electron chi connectivity index (χ4n) is 2.78. The maximum Gasteiger partial charge on any atom is 0.270 e. The summed E-state index contributed by atoms with van der Waals surface area (Å²) in [5.41, 5.74) is 1.01. The minimum Gasteiger partial charge on any atom is -0.545 e. The minimum absolute atomic E-state index is 0.0317. The molecule has 0 aliphatic heterocycles. The molecule has 0 fully saturated rings. The highest BCUT2D eigenvalue weighted by atomic mass is 16.6.